The van der Waals surface area contributed by atoms with E-state index in [1.54, 1.807) is 6.20 Å². The molecule has 0 amide bonds. The Kier molecular flexibility index (Phi) is 3.55. The van der Waals surface area contributed by atoms with E-state index in [2.05, 4.69) is 19.7 Å². The van der Waals surface area contributed by atoms with Crippen molar-refractivity contribution in [3.63, 3.8) is 0 Å². The summed E-state index contributed by atoms with van der Waals surface area (Å²) in [6.07, 6.45) is 3.98. The van der Waals surface area contributed by atoms with Gasteiger partial charge >= 0.3 is 0 Å². The molecule has 0 aliphatic rings. The average molecular weight is 285 g/mol. The molecule has 2 rings (SSSR count). The minimum absolute atomic E-state index is 0.0158. The summed E-state index contributed by atoms with van der Waals surface area (Å²) < 4.78 is 26.2. The lowest BCUT2D eigenvalue weighted by atomic mass is 10.6. The van der Waals surface area contributed by atoms with Gasteiger partial charge in [-0.1, -0.05) is 0 Å². The van der Waals surface area contributed by atoms with Crippen LogP contribution in [-0.2, 0) is 16.6 Å². The van der Waals surface area contributed by atoms with Gasteiger partial charge in [0.1, 0.15) is 4.90 Å². The Bertz CT molecular complexity index is 635. The third-order valence-corrected chi connectivity index (χ3v) is 4.33. The number of thiazole rings is 1. The molecule has 0 saturated heterocycles. The standard InChI is InChI=1S/C9H11N5O2S2/c1-6-11-2-7(17-6)3-14-18(15,16)8-4-12-9(10)13-5-8/h2,4-5,14H,3H2,1H3,(H2,10,12,13). The van der Waals surface area contributed by atoms with E-state index in [-0.39, 0.29) is 17.4 Å². The Labute approximate surface area is 108 Å². The molecule has 9 heteroatoms. The number of rotatable bonds is 4. The second-order valence-electron chi connectivity index (χ2n) is 3.45. The fourth-order valence-electron chi connectivity index (χ4n) is 1.20. The predicted octanol–water partition coefficient (Wildman–Crippen LogP) is 0.302. The molecule has 0 atom stereocenters. The topological polar surface area (TPSA) is 111 Å². The second kappa shape index (κ2) is 4.96. The lowest BCUT2D eigenvalue weighted by molar-refractivity contribution is 0.581. The maximum Gasteiger partial charge on any atom is 0.243 e. The fraction of sp³-hybridized carbons (Fsp3) is 0.222. The van der Waals surface area contributed by atoms with Crippen molar-refractivity contribution in [3.05, 3.63) is 28.5 Å². The molecule has 0 unspecified atom stereocenters. The van der Waals surface area contributed by atoms with E-state index in [0.717, 1.165) is 9.88 Å². The van der Waals surface area contributed by atoms with E-state index < -0.39 is 10.0 Å². The van der Waals surface area contributed by atoms with Gasteiger partial charge in [0, 0.05) is 17.6 Å². The Morgan fingerprint density at radius 3 is 2.50 bits per heavy atom. The van der Waals surface area contributed by atoms with Crippen LogP contribution in [0.15, 0.2) is 23.5 Å². The highest BCUT2D eigenvalue weighted by Gasteiger charge is 2.15. The summed E-state index contributed by atoms with van der Waals surface area (Å²) in [6.45, 7) is 2.05. The van der Waals surface area contributed by atoms with Crippen LogP contribution >= 0.6 is 11.3 Å². The summed E-state index contributed by atoms with van der Waals surface area (Å²) in [5.41, 5.74) is 5.29. The van der Waals surface area contributed by atoms with E-state index in [1.807, 2.05) is 6.92 Å². The van der Waals surface area contributed by atoms with Crippen LogP contribution in [0.25, 0.3) is 0 Å². The second-order valence-corrected chi connectivity index (χ2v) is 6.53. The van der Waals surface area contributed by atoms with Crippen LogP contribution in [0.1, 0.15) is 9.88 Å². The van der Waals surface area contributed by atoms with E-state index in [4.69, 9.17) is 5.73 Å². The van der Waals surface area contributed by atoms with E-state index in [0.29, 0.717) is 0 Å². The summed E-state index contributed by atoms with van der Waals surface area (Å²) in [5, 5.41) is 0.889. The molecule has 0 bridgehead atoms. The molecule has 2 heterocycles. The van der Waals surface area contributed by atoms with Crippen LogP contribution < -0.4 is 10.5 Å². The lowest BCUT2D eigenvalue weighted by Crippen LogP contribution is -2.23. The lowest BCUT2D eigenvalue weighted by Gasteiger charge is -2.04. The van der Waals surface area contributed by atoms with Gasteiger partial charge in [-0.2, -0.15) is 0 Å². The highest BCUT2D eigenvalue weighted by atomic mass is 32.2. The van der Waals surface area contributed by atoms with Crippen LogP contribution in [0.4, 0.5) is 5.95 Å². The predicted molar refractivity (Wildman–Crippen MR) is 67.3 cm³/mol. The average Bonchev–Trinajstić information content (AvgIpc) is 2.73. The molecule has 2 aromatic rings. The zero-order valence-electron chi connectivity index (χ0n) is 9.49. The SMILES string of the molecule is Cc1ncc(CNS(=O)(=O)c2cnc(N)nc2)s1. The summed E-state index contributed by atoms with van der Waals surface area (Å²) in [7, 11) is -3.62. The van der Waals surface area contributed by atoms with Gasteiger partial charge in [-0.15, -0.1) is 11.3 Å². The van der Waals surface area contributed by atoms with Crippen LogP contribution in [0.3, 0.4) is 0 Å². The number of nitrogen functional groups attached to an aromatic ring is 1. The van der Waals surface area contributed by atoms with Gasteiger partial charge < -0.3 is 5.73 Å². The van der Waals surface area contributed by atoms with Crippen LogP contribution in [0, 0.1) is 6.92 Å². The molecule has 7 nitrogen and oxygen atoms in total. The van der Waals surface area contributed by atoms with Gasteiger partial charge in [0.05, 0.1) is 17.4 Å². The Hall–Kier alpha value is -1.58. The van der Waals surface area contributed by atoms with Crippen molar-refractivity contribution in [1.29, 1.82) is 0 Å². The first-order valence-electron chi connectivity index (χ1n) is 4.96. The molecule has 0 aliphatic heterocycles. The van der Waals surface area contributed by atoms with Crippen LogP contribution in [0.2, 0.25) is 0 Å². The summed E-state index contributed by atoms with van der Waals surface area (Å²) >= 11 is 1.44. The number of anilines is 1. The molecule has 0 aliphatic carbocycles. The molecule has 96 valence electrons. The highest BCUT2D eigenvalue weighted by Crippen LogP contribution is 2.13. The first-order valence-corrected chi connectivity index (χ1v) is 7.26. The maximum atomic E-state index is 11.9. The fourth-order valence-corrected chi connectivity index (χ4v) is 2.92. The number of nitrogens with one attached hydrogen (secondary N) is 1. The van der Waals surface area contributed by atoms with Crippen LogP contribution in [0.5, 0.6) is 0 Å². The first kappa shape index (κ1) is 12.9. The summed E-state index contributed by atoms with van der Waals surface area (Å²) in [4.78, 5) is 12.2. The molecular formula is C9H11N5O2S2. The molecule has 0 spiro atoms. The Balaban J connectivity index is 2.10. The first-order chi connectivity index (χ1) is 8.47. The molecule has 18 heavy (non-hydrogen) atoms. The van der Waals surface area contributed by atoms with Crippen molar-refractivity contribution in [1.82, 2.24) is 19.7 Å². The largest absolute Gasteiger partial charge is 0.368 e. The van der Waals surface area contributed by atoms with Crippen molar-refractivity contribution < 1.29 is 8.42 Å². The van der Waals surface area contributed by atoms with Gasteiger partial charge in [0.2, 0.25) is 16.0 Å². The van der Waals surface area contributed by atoms with E-state index >= 15 is 0 Å². The minimum Gasteiger partial charge on any atom is -0.368 e. The zero-order valence-corrected chi connectivity index (χ0v) is 11.1. The third-order valence-electron chi connectivity index (χ3n) is 2.06. The van der Waals surface area contributed by atoms with Gasteiger partial charge in [-0.25, -0.2) is 28.1 Å². The van der Waals surface area contributed by atoms with Crippen molar-refractivity contribution in [2.75, 3.05) is 5.73 Å². The van der Waals surface area contributed by atoms with Crippen molar-refractivity contribution >= 4 is 27.3 Å². The molecule has 3 N–H and O–H groups in total. The number of aryl methyl sites for hydroxylation is 1. The quantitative estimate of drug-likeness (QED) is 0.836. The molecule has 0 fully saturated rings. The van der Waals surface area contributed by atoms with Crippen molar-refractivity contribution in [3.8, 4) is 0 Å². The normalized spacial score (nSPS) is 11.6. The summed E-state index contributed by atoms with van der Waals surface area (Å²) in [5.74, 6) is 0.0343. The maximum absolute atomic E-state index is 11.9. The smallest absolute Gasteiger partial charge is 0.243 e. The van der Waals surface area contributed by atoms with Gasteiger partial charge in [-0.05, 0) is 6.92 Å². The molecular weight excluding hydrogens is 274 g/mol. The number of sulfonamides is 1. The zero-order chi connectivity index (χ0) is 13.2. The number of hydrogen-bond donors (Lipinski definition) is 2. The Morgan fingerprint density at radius 2 is 1.94 bits per heavy atom. The number of aromatic nitrogens is 3. The number of nitrogens with zero attached hydrogens (tertiary/aromatic N) is 3. The Morgan fingerprint density at radius 1 is 1.28 bits per heavy atom. The molecule has 0 radical (unpaired) electrons. The number of hydrogen-bond acceptors (Lipinski definition) is 7. The van der Waals surface area contributed by atoms with E-state index in [1.165, 1.54) is 23.7 Å². The monoisotopic (exact) mass is 285 g/mol. The molecule has 2 aromatic heterocycles. The minimum atomic E-state index is -3.62. The molecule has 0 saturated carbocycles. The van der Waals surface area contributed by atoms with Crippen molar-refractivity contribution in [2.45, 2.75) is 18.4 Å². The van der Waals surface area contributed by atoms with Gasteiger partial charge in [0.25, 0.3) is 0 Å². The summed E-state index contributed by atoms with van der Waals surface area (Å²) in [6, 6.07) is 0. The highest BCUT2D eigenvalue weighted by molar-refractivity contribution is 7.89. The van der Waals surface area contributed by atoms with E-state index in [9.17, 15) is 8.42 Å². The number of nitrogens with two attached hydrogens (primary N) is 1. The van der Waals surface area contributed by atoms with Crippen molar-refractivity contribution in [2.24, 2.45) is 0 Å². The van der Waals surface area contributed by atoms with Crippen LogP contribution in [-0.4, -0.2) is 23.4 Å². The van der Waals surface area contributed by atoms with Gasteiger partial charge in [-0.3, -0.25) is 0 Å². The van der Waals surface area contributed by atoms with Gasteiger partial charge in [0.15, 0.2) is 0 Å². The molecule has 0 aromatic carbocycles. The third kappa shape index (κ3) is 3.00.